The number of carbonyl (C=O) groups is 1. The molecule has 0 bridgehead atoms. The molecule has 0 spiro atoms. The van der Waals surface area contributed by atoms with Crippen molar-refractivity contribution >= 4 is 52.0 Å². The zero-order valence-electron chi connectivity index (χ0n) is 16.2. The number of ether oxygens (including phenoxy) is 1. The van der Waals surface area contributed by atoms with Gasteiger partial charge in [0.05, 0.1) is 28.4 Å². The predicted molar refractivity (Wildman–Crippen MR) is 123 cm³/mol. The Hall–Kier alpha value is -3.08. The molecule has 0 N–H and O–H groups in total. The maximum atomic E-state index is 11.8. The third-order valence-electron chi connectivity index (χ3n) is 4.78. The van der Waals surface area contributed by atoms with Gasteiger partial charge in [-0.25, -0.2) is 4.79 Å². The summed E-state index contributed by atoms with van der Waals surface area (Å²) in [5.74, 6) is -0.344. The maximum Gasteiger partial charge on any atom is 0.337 e. The zero-order valence-corrected chi connectivity index (χ0v) is 17.7. The fourth-order valence-corrected chi connectivity index (χ4v) is 3.62. The monoisotopic (exact) mass is 436 g/mol. The first-order chi connectivity index (χ1) is 14.5. The lowest BCUT2D eigenvalue weighted by Crippen LogP contribution is -2.03. The highest BCUT2D eigenvalue weighted by Gasteiger charge is 2.10. The van der Waals surface area contributed by atoms with Crippen molar-refractivity contribution in [2.24, 2.45) is 4.99 Å². The van der Waals surface area contributed by atoms with Crippen molar-refractivity contribution in [3.63, 3.8) is 0 Å². The average Bonchev–Trinajstić information content (AvgIpc) is 3.11. The maximum absolute atomic E-state index is 11.8. The van der Waals surface area contributed by atoms with E-state index in [0.717, 1.165) is 27.7 Å². The molecule has 1 aromatic heterocycles. The summed E-state index contributed by atoms with van der Waals surface area (Å²) in [5.41, 5.74) is 4.34. The third-order valence-corrected chi connectivity index (χ3v) is 5.52. The number of aliphatic imine (C=N–C) groups is 1. The van der Waals surface area contributed by atoms with E-state index < -0.39 is 0 Å². The van der Waals surface area contributed by atoms with Crippen LogP contribution in [-0.2, 0) is 11.3 Å². The number of aromatic nitrogens is 1. The van der Waals surface area contributed by atoms with Crippen molar-refractivity contribution in [3.05, 3.63) is 99.7 Å². The summed E-state index contributed by atoms with van der Waals surface area (Å²) in [5, 5.41) is 2.06. The number of nitrogens with zero attached hydrogens (tertiary/aromatic N) is 2. The second kappa shape index (κ2) is 8.74. The molecular formula is C24H18Cl2N2O2. The lowest BCUT2D eigenvalue weighted by atomic mass is 10.1. The number of carbonyl (C=O) groups excluding carboxylic acids is 1. The van der Waals surface area contributed by atoms with E-state index in [1.807, 2.05) is 42.6 Å². The number of methoxy groups -OCH3 is 1. The lowest BCUT2D eigenvalue weighted by molar-refractivity contribution is 0.0600. The number of para-hydroxylation sites is 1. The predicted octanol–water partition coefficient (Wildman–Crippen LogP) is 6.53. The lowest BCUT2D eigenvalue weighted by Gasteiger charge is -2.07. The van der Waals surface area contributed by atoms with Gasteiger partial charge in [-0.15, -0.1) is 0 Å². The Bertz CT molecular complexity index is 1260. The highest BCUT2D eigenvalue weighted by atomic mass is 35.5. The number of benzene rings is 3. The number of rotatable bonds is 5. The molecule has 0 saturated heterocycles. The van der Waals surface area contributed by atoms with E-state index in [9.17, 15) is 4.79 Å². The van der Waals surface area contributed by atoms with Gasteiger partial charge in [-0.1, -0.05) is 53.5 Å². The minimum atomic E-state index is -0.344. The van der Waals surface area contributed by atoms with Gasteiger partial charge in [0.1, 0.15) is 0 Å². The Balaban J connectivity index is 1.68. The highest BCUT2D eigenvalue weighted by Crippen LogP contribution is 2.27. The Labute approximate surface area is 184 Å². The van der Waals surface area contributed by atoms with Crippen LogP contribution >= 0.6 is 23.2 Å². The average molecular weight is 437 g/mol. The summed E-state index contributed by atoms with van der Waals surface area (Å²) in [4.78, 5) is 16.4. The van der Waals surface area contributed by atoms with Crippen LogP contribution < -0.4 is 0 Å². The number of halogens is 2. The van der Waals surface area contributed by atoms with E-state index in [1.54, 1.807) is 18.2 Å². The van der Waals surface area contributed by atoms with Crippen LogP contribution in [0.4, 0.5) is 5.69 Å². The van der Waals surface area contributed by atoms with E-state index >= 15 is 0 Å². The van der Waals surface area contributed by atoms with Crippen LogP contribution in [-0.4, -0.2) is 23.9 Å². The van der Waals surface area contributed by atoms with E-state index in [2.05, 4.69) is 27.9 Å². The van der Waals surface area contributed by atoms with Gasteiger partial charge in [-0.2, -0.15) is 0 Å². The molecule has 0 saturated carbocycles. The molecule has 1 heterocycles. The Morgan fingerprint density at radius 2 is 1.87 bits per heavy atom. The van der Waals surface area contributed by atoms with Crippen molar-refractivity contribution < 1.29 is 9.53 Å². The second-order valence-corrected chi connectivity index (χ2v) is 7.59. The molecular weight excluding hydrogens is 419 g/mol. The molecule has 0 aliphatic rings. The molecule has 0 fully saturated rings. The van der Waals surface area contributed by atoms with Crippen molar-refractivity contribution in [1.29, 1.82) is 0 Å². The summed E-state index contributed by atoms with van der Waals surface area (Å²) < 4.78 is 6.97. The zero-order chi connectivity index (χ0) is 21.1. The molecule has 150 valence electrons. The second-order valence-electron chi connectivity index (χ2n) is 6.78. The van der Waals surface area contributed by atoms with Crippen molar-refractivity contribution in [2.45, 2.75) is 6.54 Å². The molecule has 0 aliphatic heterocycles. The number of fused-ring (bicyclic) bond motifs is 1. The first kappa shape index (κ1) is 20.2. The molecule has 4 rings (SSSR count). The topological polar surface area (TPSA) is 43.6 Å². The molecule has 0 amide bonds. The highest BCUT2D eigenvalue weighted by molar-refractivity contribution is 6.42. The van der Waals surface area contributed by atoms with Gasteiger partial charge in [0, 0.05) is 35.4 Å². The first-order valence-corrected chi connectivity index (χ1v) is 10.0. The Morgan fingerprint density at radius 3 is 2.67 bits per heavy atom. The molecule has 0 atom stereocenters. The number of hydrogen-bond acceptors (Lipinski definition) is 3. The summed E-state index contributed by atoms with van der Waals surface area (Å²) >= 11 is 12.1. The van der Waals surface area contributed by atoms with Crippen LogP contribution in [0.3, 0.4) is 0 Å². The summed E-state index contributed by atoms with van der Waals surface area (Å²) in [6.45, 7) is 0.617. The third kappa shape index (κ3) is 4.25. The van der Waals surface area contributed by atoms with E-state index in [-0.39, 0.29) is 5.97 Å². The van der Waals surface area contributed by atoms with Crippen LogP contribution in [0.1, 0.15) is 21.5 Å². The normalized spacial score (nSPS) is 11.3. The van der Waals surface area contributed by atoms with Gasteiger partial charge in [-0.05, 0) is 42.0 Å². The van der Waals surface area contributed by atoms with E-state index in [0.29, 0.717) is 22.2 Å². The van der Waals surface area contributed by atoms with Gasteiger partial charge in [0.2, 0.25) is 0 Å². The standard InChI is InChI=1S/C24H18Cl2N2O2/c1-30-24(29)17-6-4-5-16(11-17)14-28-15-18(20-7-2-3-8-23(20)28)13-27-19-9-10-21(25)22(26)12-19/h2-13,15H,14H2,1H3. The van der Waals surface area contributed by atoms with Crippen molar-refractivity contribution in [2.75, 3.05) is 7.11 Å². The Morgan fingerprint density at radius 1 is 1.03 bits per heavy atom. The largest absolute Gasteiger partial charge is 0.465 e. The minimum Gasteiger partial charge on any atom is -0.465 e. The molecule has 4 nitrogen and oxygen atoms in total. The van der Waals surface area contributed by atoms with Crippen LogP contribution in [0.25, 0.3) is 10.9 Å². The summed E-state index contributed by atoms with van der Waals surface area (Å²) in [7, 11) is 1.38. The number of esters is 1. The quantitative estimate of drug-likeness (QED) is 0.263. The number of hydrogen-bond donors (Lipinski definition) is 0. The Kier molecular flexibility index (Phi) is 5.88. The molecule has 3 aromatic carbocycles. The van der Waals surface area contributed by atoms with E-state index in [1.165, 1.54) is 7.11 Å². The van der Waals surface area contributed by atoms with Crippen LogP contribution in [0, 0.1) is 0 Å². The molecule has 4 aromatic rings. The van der Waals surface area contributed by atoms with Gasteiger partial charge in [0.15, 0.2) is 0 Å². The SMILES string of the molecule is COC(=O)c1cccc(Cn2cc(C=Nc3ccc(Cl)c(Cl)c3)c3ccccc32)c1. The molecule has 30 heavy (non-hydrogen) atoms. The van der Waals surface area contributed by atoms with Crippen molar-refractivity contribution in [1.82, 2.24) is 4.57 Å². The van der Waals surface area contributed by atoms with E-state index in [4.69, 9.17) is 27.9 Å². The minimum absolute atomic E-state index is 0.344. The van der Waals surface area contributed by atoms with Crippen LogP contribution in [0.5, 0.6) is 0 Å². The molecule has 0 unspecified atom stereocenters. The van der Waals surface area contributed by atoms with Crippen LogP contribution in [0.2, 0.25) is 10.0 Å². The fourth-order valence-electron chi connectivity index (χ4n) is 3.33. The molecule has 6 heteroatoms. The fraction of sp³-hybridized carbons (Fsp3) is 0.0833. The summed E-state index contributed by atoms with van der Waals surface area (Å²) in [6, 6.07) is 20.9. The van der Waals surface area contributed by atoms with Gasteiger partial charge < -0.3 is 9.30 Å². The summed E-state index contributed by atoms with van der Waals surface area (Å²) in [6.07, 6.45) is 3.87. The van der Waals surface area contributed by atoms with Gasteiger partial charge >= 0.3 is 5.97 Å². The van der Waals surface area contributed by atoms with Crippen molar-refractivity contribution in [3.8, 4) is 0 Å². The van der Waals surface area contributed by atoms with Crippen LogP contribution in [0.15, 0.2) is 77.9 Å². The van der Waals surface area contributed by atoms with Gasteiger partial charge in [0.25, 0.3) is 0 Å². The smallest absolute Gasteiger partial charge is 0.337 e. The molecule has 0 radical (unpaired) electrons. The van der Waals surface area contributed by atoms with Gasteiger partial charge in [-0.3, -0.25) is 4.99 Å². The first-order valence-electron chi connectivity index (χ1n) is 9.29. The molecule has 0 aliphatic carbocycles.